The highest BCUT2D eigenvalue weighted by atomic mass is 35.5. The number of benzene rings is 1. The average Bonchev–Trinajstić information content (AvgIpc) is 2.50. The van der Waals surface area contributed by atoms with Crippen LogP contribution in [-0.2, 0) is 10.0 Å². The SMILES string of the molecule is CC(CNS(=O)(=O)C(C)C)c1ccc(C#CCCCN)cc1.Cl. The predicted molar refractivity (Wildman–Crippen MR) is 99.3 cm³/mol. The third kappa shape index (κ3) is 7.85. The van der Waals surface area contributed by atoms with Gasteiger partial charge in [0, 0.05) is 18.5 Å². The lowest BCUT2D eigenvalue weighted by molar-refractivity contribution is 0.566. The largest absolute Gasteiger partial charge is 0.330 e. The Morgan fingerprint density at radius 2 is 1.78 bits per heavy atom. The van der Waals surface area contributed by atoms with E-state index in [-0.39, 0.29) is 18.3 Å². The molecule has 0 amide bonds. The van der Waals surface area contributed by atoms with Crippen LogP contribution in [0.1, 0.15) is 50.7 Å². The summed E-state index contributed by atoms with van der Waals surface area (Å²) in [5, 5.41) is -0.411. The van der Waals surface area contributed by atoms with Crippen molar-refractivity contribution in [2.75, 3.05) is 13.1 Å². The highest BCUT2D eigenvalue weighted by molar-refractivity contribution is 7.90. The molecule has 0 heterocycles. The Kier molecular flexibility index (Phi) is 10.2. The zero-order valence-corrected chi connectivity index (χ0v) is 15.6. The first kappa shape index (κ1) is 21.9. The van der Waals surface area contributed by atoms with E-state index in [9.17, 15) is 8.42 Å². The second-order valence-electron chi connectivity index (χ2n) is 5.66. The molecule has 0 aliphatic carbocycles. The van der Waals surface area contributed by atoms with Crippen molar-refractivity contribution in [1.82, 2.24) is 4.72 Å². The molecule has 0 aliphatic rings. The summed E-state index contributed by atoms with van der Waals surface area (Å²) < 4.78 is 26.2. The summed E-state index contributed by atoms with van der Waals surface area (Å²) in [5.74, 6) is 6.31. The van der Waals surface area contributed by atoms with Crippen LogP contribution in [0.2, 0.25) is 0 Å². The number of hydrogen-bond acceptors (Lipinski definition) is 3. The lowest BCUT2D eigenvalue weighted by Crippen LogP contribution is -2.33. The lowest BCUT2D eigenvalue weighted by atomic mass is 10.0. The van der Waals surface area contributed by atoms with Crippen LogP contribution < -0.4 is 10.5 Å². The number of nitrogens with one attached hydrogen (secondary N) is 1. The maximum Gasteiger partial charge on any atom is 0.213 e. The van der Waals surface area contributed by atoms with Gasteiger partial charge in [0.25, 0.3) is 0 Å². The summed E-state index contributed by atoms with van der Waals surface area (Å²) in [4.78, 5) is 0. The maximum absolute atomic E-state index is 11.8. The van der Waals surface area contributed by atoms with Crippen LogP contribution in [0.5, 0.6) is 0 Å². The zero-order valence-electron chi connectivity index (χ0n) is 14.0. The fourth-order valence-electron chi connectivity index (χ4n) is 1.78. The molecule has 1 atom stereocenters. The van der Waals surface area contributed by atoms with Gasteiger partial charge in [0.05, 0.1) is 5.25 Å². The Bertz CT molecular complexity index is 616. The third-order valence-corrected chi connectivity index (χ3v) is 5.24. The molecule has 4 nitrogen and oxygen atoms in total. The van der Waals surface area contributed by atoms with Gasteiger partial charge in [-0.15, -0.1) is 12.4 Å². The van der Waals surface area contributed by atoms with E-state index in [4.69, 9.17) is 5.73 Å². The Hall–Kier alpha value is -1.06. The molecular weight excluding hydrogens is 332 g/mol. The molecule has 1 unspecified atom stereocenters. The van der Waals surface area contributed by atoms with Crippen LogP contribution in [0.3, 0.4) is 0 Å². The molecule has 0 spiro atoms. The van der Waals surface area contributed by atoms with Crippen molar-refractivity contribution in [2.24, 2.45) is 5.73 Å². The molecule has 1 aromatic rings. The summed E-state index contributed by atoms with van der Waals surface area (Å²) in [6.07, 6.45) is 1.73. The smallest absolute Gasteiger partial charge is 0.213 e. The highest BCUT2D eigenvalue weighted by Gasteiger charge is 2.16. The molecule has 0 bridgehead atoms. The van der Waals surface area contributed by atoms with Crippen molar-refractivity contribution in [3.05, 3.63) is 35.4 Å². The minimum Gasteiger partial charge on any atom is -0.330 e. The van der Waals surface area contributed by atoms with Gasteiger partial charge in [0.1, 0.15) is 0 Å². The van der Waals surface area contributed by atoms with Gasteiger partial charge < -0.3 is 5.73 Å². The average molecular weight is 359 g/mol. The van der Waals surface area contributed by atoms with Crippen LogP contribution in [0.25, 0.3) is 0 Å². The first-order chi connectivity index (χ1) is 10.4. The molecule has 3 N–H and O–H groups in total. The summed E-state index contributed by atoms with van der Waals surface area (Å²) in [7, 11) is -3.21. The standard InChI is InChI=1S/C17H26N2O2S.ClH/c1-14(2)22(20,21)19-13-15(3)17-10-8-16(9-11-17)7-5-4-6-12-18;/h8-11,14-15,19H,4,6,12-13,18H2,1-3H3;1H. The minimum atomic E-state index is -3.21. The van der Waals surface area contributed by atoms with Crippen molar-refractivity contribution < 1.29 is 8.42 Å². The fourth-order valence-corrected chi connectivity index (χ4v) is 2.59. The molecule has 6 heteroatoms. The van der Waals surface area contributed by atoms with Gasteiger partial charge in [-0.2, -0.15) is 0 Å². The topological polar surface area (TPSA) is 72.2 Å². The van der Waals surface area contributed by atoms with E-state index in [0.717, 1.165) is 24.0 Å². The summed E-state index contributed by atoms with van der Waals surface area (Å²) in [6.45, 7) is 6.42. The number of nitrogens with two attached hydrogens (primary N) is 1. The van der Waals surface area contributed by atoms with E-state index >= 15 is 0 Å². The Morgan fingerprint density at radius 1 is 1.17 bits per heavy atom. The van der Waals surface area contributed by atoms with Crippen molar-refractivity contribution in [2.45, 2.75) is 44.8 Å². The van der Waals surface area contributed by atoms with Crippen molar-refractivity contribution in [1.29, 1.82) is 0 Å². The van der Waals surface area contributed by atoms with Gasteiger partial charge >= 0.3 is 0 Å². The molecule has 0 saturated carbocycles. The fraction of sp³-hybridized carbons (Fsp3) is 0.529. The molecule has 0 aliphatic heterocycles. The van der Waals surface area contributed by atoms with Crippen LogP contribution in [-0.4, -0.2) is 26.8 Å². The van der Waals surface area contributed by atoms with Gasteiger partial charge in [0.2, 0.25) is 10.0 Å². The van der Waals surface area contributed by atoms with E-state index in [2.05, 4.69) is 16.6 Å². The molecule has 0 aromatic heterocycles. The minimum absolute atomic E-state index is 0. The van der Waals surface area contributed by atoms with E-state index in [1.165, 1.54) is 0 Å². The van der Waals surface area contributed by atoms with Crippen LogP contribution >= 0.6 is 12.4 Å². The maximum atomic E-state index is 11.8. The summed E-state index contributed by atoms with van der Waals surface area (Å²) >= 11 is 0. The first-order valence-electron chi connectivity index (χ1n) is 7.64. The second-order valence-corrected chi connectivity index (χ2v) is 7.98. The normalized spacial score (nSPS) is 12.2. The number of sulfonamides is 1. The van der Waals surface area contributed by atoms with Crippen molar-refractivity contribution in [3.63, 3.8) is 0 Å². The Labute approximate surface area is 146 Å². The number of hydrogen-bond donors (Lipinski definition) is 2. The zero-order chi connectivity index (χ0) is 16.6. The molecule has 1 rings (SSSR count). The molecule has 130 valence electrons. The van der Waals surface area contributed by atoms with Gasteiger partial charge in [-0.1, -0.05) is 30.9 Å². The molecule has 0 fully saturated rings. The van der Waals surface area contributed by atoms with Crippen LogP contribution in [0.4, 0.5) is 0 Å². The lowest BCUT2D eigenvalue weighted by Gasteiger charge is -2.15. The molecule has 23 heavy (non-hydrogen) atoms. The third-order valence-electron chi connectivity index (χ3n) is 3.43. The van der Waals surface area contributed by atoms with E-state index in [1.807, 2.05) is 31.2 Å². The molecular formula is C17H27ClN2O2S. The van der Waals surface area contributed by atoms with Gasteiger partial charge in [-0.3, -0.25) is 0 Å². The van der Waals surface area contributed by atoms with Crippen molar-refractivity contribution >= 4 is 22.4 Å². The summed E-state index contributed by atoms with van der Waals surface area (Å²) in [5.41, 5.74) is 7.49. The van der Waals surface area contributed by atoms with Gasteiger partial charge in [0.15, 0.2) is 0 Å². The first-order valence-corrected chi connectivity index (χ1v) is 9.19. The van der Waals surface area contributed by atoms with Crippen LogP contribution in [0, 0.1) is 11.8 Å². The monoisotopic (exact) mass is 358 g/mol. The second kappa shape index (κ2) is 10.7. The van der Waals surface area contributed by atoms with Crippen LogP contribution in [0.15, 0.2) is 24.3 Å². The molecule has 0 radical (unpaired) electrons. The number of unbranched alkanes of at least 4 members (excludes halogenated alkanes) is 1. The molecule has 1 aromatic carbocycles. The quantitative estimate of drug-likeness (QED) is 0.581. The Morgan fingerprint density at radius 3 is 2.30 bits per heavy atom. The Balaban J connectivity index is 0.00000484. The van der Waals surface area contributed by atoms with E-state index in [0.29, 0.717) is 13.1 Å². The van der Waals surface area contributed by atoms with E-state index < -0.39 is 15.3 Å². The van der Waals surface area contributed by atoms with Crippen molar-refractivity contribution in [3.8, 4) is 11.8 Å². The number of rotatable bonds is 7. The van der Waals surface area contributed by atoms with Gasteiger partial charge in [-0.05, 0) is 50.4 Å². The summed E-state index contributed by atoms with van der Waals surface area (Å²) in [6, 6.07) is 7.94. The van der Waals surface area contributed by atoms with Gasteiger partial charge in [-0.25, -0.2) is 13.1 Å². The number of halogens is 1. The highest BCUT2D eigenvalue weighted by Crippen LogP contribution is 2.15. The predicted octanol–water partition coefficient (Wildman–Crippen LogP) is 2.63. The van der Waals surface area contributed by atoms with E-state index in [1.54, 1.807) is 13.8 Å². The molecule has 0 saturated heterocycles.